The molecule has 0 bridgehead atoms. The molecule has 0 unspecified atom stereocenters. The summed E-state index contributed by atoms with van der Waals surface area (Å²) in [6.45, 7) is -0.188. The summed E-state index contributed by atoms with van der Waals surface area (Å²) in [4.78, 5) is 17.9. The molecule has 2 aromatic rings. The van der Waals surface area contributed by atoms with E-state index in [1.54, 1.807) is 17.8 Å². The fraction of sp³-hybridized carbons (Fsp3) is 0.250. The minimum Gasteiger partial charge on any atom is -0.392 e. The highest BCUT2D eigenvalue weighted by Gasteiger charge is 2.11. The first-order valence-corrected chi connectivity index (χ1v) is 4.08. The number of aliphatic hydroxyl groups is 1. The zero-order chi connectivity index (χ0) is 10.3. The molecule has 0 spiro atoms. The van der Waals surface area contributed by atoms with Crippen molar-refractivity contribution >= 4 is 17.0 Å². The number of nitrogens with zero attached hydrogens (tertiary/aromatic N) is 2. The predicted octanol–water partition coefficient (Wildman–Crippen LogP) is -0.664. The number of aromatic nitrogens is 3. The highest BCUT2D eigenvalue weighted by atomic mass is 16.3. The second-order valence-electron chi connectivity index (χ2n) is 3.07. The van der Waals surface area contributed by atoms with E-state index in [9.17, 15) is 4.79 Å². The van der Waals surface area contributed by atoms with Crippen LogP contribution < -0.4 is 11.3 Å². The van der Waals surface area contributed by atoms with Crippen molar-refractivity contribution in [3.63, 3.8) is 0 Å². The van der Waals surface area contributed by atoms with Crippen LogP contribution in [0.1, 0.15) is 5.56 Å². The van der Waals surface area contributed by atoms with Crippen LogP contribution in [0.25, 0.3) is 11.0 Å². The molecule has 4 N–H and O–H groups in total. The van der Waals surface area contributed by atoms with Crippen LogP contribution in [0.3, 0.4) is 0 Å². The molecule has 0 saturated carbocycles. The van der Waals surface area contributed by atoms with Crippen LogP contribution in [0.15, 0.2) is 11.0 Å². The molecule has 0 aliphatic rings. The van der Waals surface area contributed by atoms with Gasteiger partial charge in [0.15, 0.2) is 0 Å². The minimum absolute atomic E-state index is 0.0770. The molecule has 2 rings (SSSR count). The van der Waals surface area contributed by atoms with Crippen molar-refractivity contribution in [2.24, 2.45) is 7.05 Å². The van der Waals surface area contributed by atoms with Crippen LogP contribution in [-0.4, -0.2) is 19.6 Å². The molecular weight excluding hydrogens is 184 g/mol. The summed E-state index contributed by atoms with van der Waals surface area (Å²) in [6.07, 6.45) is 1.66. The Morgan fingerprint density at radius 2 is 2.43 bits per heavy atom. The number of rotatable bonds is 1. The quantitative estimate of drug-likeness (QED) is 0.561. The third-order valence-corrected chi connectivity index (χ3v) is 2.09. The number of fused-ring (bicyclic) bond motifs is 1. The molecule has 74 valence electrons. The van der Waals surface area contributed by atoms with Crippen molar-refractivity contribution in [2.45, 2.75) is 6.61 Å². The van der Waals surface area contributed by atoms with Crippen molar-refractivity contribution in [2.75, 3.05) is 5.73 Å². The number of aliphatic hydroxyl groups excluding tert-OH is 1. The van der Waals surface area contributed by atoms with Crippen molar-refractivity contribution in [1.82, 2.24) is 14.5 Å². The van der Waals surface area contributed by atoms with E-state index in [2.05, 4.69) is 9.97 Å². The summed E-state index contributed by atoms with van der Waals surface area (Å²) in [5.41, 5.74) is 6.11. The highest BCUT2D eigenvalue weighted by molar-refractivity contribution is 5.80. The Hall–Kier alpha value is -1.82. The van der Waals surface area contributed by atoms with E-state index in [0.29, 0.717) is 16.6 Å². The first-order valence-electron chi connectivity index (χ1n) is 4.08. The Balaban J connectivity index is 2.97. The van der Waals surface area contributed by atoms with E-state index < -0.39 is 0 Å². The van der Waals surface area contributed by atoms with E-state index in [1.165, 1.54) is 0 Å². The molecule has 2 heterocycles. The van der Waals surface area contributed by atoms with E-state index in [4.69, 9.17) is 10.8 Å². The second kappa shape index (κ2) is 2.85. The predicted molar refractivity (Wildman–Crippen MR) is 51.7 cm³/mol. The average Bonchev–Trinajstić information content (AvgIpc) is 2.43. The summed E-state index contributed by atoms with van der Waals surface area (Å²) in [7, 11) is 1.74. The molecule has 6 nitrogen and oxygen atoms in total. The molecule has 0 atom stereocenters. The number of nitrogens with two attached hydrogens (primary N) is 1. The number of H-pyrrole nitrogens is 1. The maximum absolute atomic E-state index is 11.5. The monoisotopic (exact) mass is 194 g/mol. The maximum atomic E-state index is 11.5. The van der Waals surface area contributed by atoms with Crippen molar-refractivity contribution in [1.29, 1.82) is 0 Å². The van der Waals surface area contributed by atoms with E-state index in [-0.39, 0.29) is 18.1 Å². The number of nitrogen functional groups attached to an aromatic ring is 1. The lowest BCUT2D eigenvalue weighted by atomic mass is 10.2. The van der Waals surface area contributed by atoms with Gasteiger partial charge in [0.25, 0.3) is 5.56 Å². The molecule has 0 radical (unpaired) electrons. The maximum Gasteiger partial charge on any atom is 0.262 e. The first-order chi connectivity index (χ1) is 6.63. The summed E-state index contributed by atoms with van der Waals surface area (Å²) in [6, 6.07) is 0. The van der Waals surface area contributed by atoms with Crippen LogP contribution in [-0.2, 0) is 13.7 Å². The van der Waals surface area contributed by atoms with Gasteiger partial charge in [0.1, 0.15) is 5.65 Å². The fourth-order valence-corrected chi connectivity index (χ4v) is 1.50. The van der Waals surface area contributed by atoms with Crippen LogP contribution in [0.4, 0.5) is 5.95 Å². The number of aryl methyl sites for hydroxylation is 1. The number of hydrogen-bond donors (Lipinski definition) is 3. The van der Waals surface area contributed by atoms with Gasteiger partial charge in [0.2, 0.25) is 5.95 Å². The summed E-state index contributed by atoms with van der Waals surface area (Å²) >= 11 is 0. The lowest BCUT2D eigenvalue weighted by Gasteiger charge is -1.96. The van der Waals surface area contributed by atoms with Crippen LogP contribution in [0.2, 0.25) is 0 Å². The molecule has 14 heavy (non-hydrogen) atoms. The SMILES string of the molecule is Cn1cc(CO)c2c(=O)[nH]c(N)nc21. The molecular formula is C8H10N4O2. The van der Waals surface area contributed by atoms with Crippen molar-refractivity contribution < 1.29 is 5.11 Å². The molecule has 2 aromatic heterocycles. The van der Waals surface area contributed by atoms with Gasteiger partial charge in [-0.25, -0.2) is 0 Å². The van der Waals surface area contributed by atoms with Gasteiger partial charge in [-0.05, 0) is 0 Å². The second-order valence-corrected chi connectivity index (χ2v) is 3.07. The number of nitrogens with one attached hydrogen (secondary N) is 1. The topological polar surface area (TPSA) is 96.9 Å². The lowest BCUT2D eigenvalue weighted by molar-refractivity contribution is 0.283. The standard InChI is InChI=1S/C8H10N4O2/c1-12-2-4(3-13)5-6(12)10-8(9)11-7(5)14/h2,13H,3H2,1H3,(H3,9,10,11,14). The van der Waals surface area contributed by atoms with Gasteiger partial charge in [-0.1, -0.05) is 0 Å². The first kappa shape index (κ1) is 8.76. The summed E-state index contributed by atoms with van der Waals surface area (Å²) in [5.74, 6) is 0.0770. The molecule has 0 amide bonds. The number of hydrogen-bond acceptors (Lipinski definition) is 4. The largest absolute Gasteiger partial charge is 0.392 e. The zero-order valence-corrected chi connectivity index (χ0v) is 7.61. The highest BCUT2D eigenvalue weighted by Crippen LogP contribution is 2.14. The number of anilines is 1. The Bertz CT molecular complexity index is 540. The van der Waals surface area contributed by atoms with Gasteiger partial charge in [-0.2, -0.15) is 4.98 Å². The van der Waals surface area contributed by atoms with Crippen LogP contribution in [0.5, 0.6) is 0 Å². The Kier molecular flexibility index (Phi) is 1.78. The lowest BCUT2D eigenvalue weighted by Crippen LogP contribution is -2.12. The van der Waals surface area contributed by atoms with Crippen molar-refractivity contribution in [3.8, 4) is 0 Å². The summed E-state index contributed by atoms with van der Waals surface area (Å²) < 4.78 is 1.66. The Morgan fingerprint density at radius 3 is 3.07 bits per heavy atom. The van der Waals surface area contributed by atoms with E-state index in [1.807, 2.05) is 0 Å². The van der Waals surface area contributed by atoms with Gasteiger partial charge in [0, 0.05) is 18.8 Å². The zero-order valence-electron chi connectivity index (χ0n) is 7.61. The van der Waals surface area contributed by atoms with Gasteiger partial charge in [-0.15, -0.1) is 0 Å². The third-order valence-electron chi connectivity index (χ3n) is 2.09. The number of aromatic amines is 1. The van der Waals surface area contributed by atoms with Gasteiger partial charge >= 0.3 is 0 Å². The smallest absolute Gasteiger partial charge is 0.262 e. The Morgan fingerprint density at radius 1 is 1.71 bits per heavy atom. The van der Waals surface area contributed by atoms with E-state index in [0.717, 1.165) is 0 Å². The Labute approximate surface area is 79.0 Å². The van der Waals surface area contributed by atoms with Crippen LogP contribution in [0, 0.1) is 0 Å². The van der Waals surface area contributed by atoms with Gasteiger partial charge in [0.05, 0.1) is 12.0 Å². The molecule has 0 aromatic carbocycles. The minimum atomic E-state index is -0.322. The van der Waals surface area contributed by atoms with Gasteiger partial charge in [-0.3, -0.25) is 9.78 Å². The molecule has 0 saturated heterocycles. The average molecular weight is 194 g/mol. The van der Waals surface area contributed by atoms with Gasteiger partial charge < -0.3 is 15.4 Å². The fourth-order valence-electron chi connectivity index (χ4n) is 1.50. The van der Waals surface area contributed by atoms with E-state index >= 15 is 0 Å². The van der Waals surface area contributed by atoms with Crippen molar-refractivity contribution in [3.05, 3.63) is 22.1 Å². The molecule has 0 aliphatic carbocycles. The summed E-state index contributed by atoms with van der Waals surface area (Å²) in [5, 5.41) is 9.41. The van der Waals surface area contributed by atoms with Crippen LogP contribution >= 0.6 is 0 Å². The third kappa shape index (κ3) is 1.08. The molecule has 0 aliphatic heterocycles. The molecule has 6 heteroatoms. The molecule has 0 fully saturated rings. The normalized spacial score (nSPS) is 11.0.